The first-order valence-electron chi connectivity index (χ1n) is 10.6. The van der Waals surface area contributed by atoms with Gasteiger partial charge in [-0.15, -0.1) is 23.5 Å². The maximum atomic E-state index is 13.4. The van der Waals surface area contributed by atoms with Crippen LogP contribution in [0.4, 0.5) is 0 Å². The Morgan fingerprint density at radius 3 is 1.57 bits per heavy atom. The molecule has 0 unspecified atom stereocenters. The third-order valence-corrected chi connectivity index (χ3v) is 7.93. The van der Waals surface area contributed by atoms with Gasteiger partial charge in [-0.05, 0) is 84.2 Å². The van der Waals surface area contributed by atoms with Crippen LogP contribution in [0.1, 0.15) is 51.2 Å². The lowest BCUT2D eigenvalue weighted by Crippen LogP contribution is -2.30. The molecule has 0 heterocycles. The van der Waals surface area contributed by atoms with Gasteiger partial charge in [-0.1, -0.05) is 51.5 Å². The summed E-state index contributed by atoms with van der Waals surface area (Å²) in [5, 5.41) is 0. The molecule has 3 heteroatoms. The molecule has 3 rings (SSSR count). The molecule has 2 aromatic rings. The Balaban J connectivity index is 1.97. The van der Waals surface area contributed by atoms with Gasteiger partial charge in [-0.2, -0.15) is 0 Å². The molecule has 1 nitrogen and oxygen atoms in total. The number of ketones is 1. The fourth-order valence-electron chi connectivity index (χ4n) is 3.89. The van der Waals surface area contributed by atoms with Crippen molar-refractivity contribution in [3.05, 3.63) is 70.8 Å². The molecule has 0 saturated heterocycles. The summed E-state index contributed by atoms with van der Waals surface area (Å²) in [6, 6.07) is 17.0. The van der Waals surface area contributed by atoms with Crippen molar-refractivity contribution in [3.8, 4) is 0 Å². The number of allylic oxidation sites excluding steroid dienone is 2. The van der Waals surface area contributed by atoms with Crippen molar-refractivity contribution in [2.24, 2.45) is 11.3 Å². The number of rotatable bonds is 6. The second-order valence-corrected chi connectivity index (χ2v) is 10.4. The Hall–Kier alpha value is -1.71. The monoisotopic (exact) mass is 436 g/mol. The van der Waals surface area contributed by atoms with Gasteiger partial charge in [-0.25, -0.2) is 0 Å². The van der Waals surface area contributed by atoms with Crippen molar-refractivity contribution in [2.75, 3.05) is 12.5 Å². The molecule has 30 heavy (non-hydrogen) atoms. The van der Waals surface area contributed by atoms with Crippen molar-refractivity contribution < 1.29 is 4.79 Å². The highest BCUT2D eigenvalue weighted by atomic mass is 32.2. The largest absolute Gasteiger partial charge is 0.289 e. The van der Waals surface area contributed by atoms with Crippen LogP contribution in [-0.4, -0.2) is 18.3 Å². The molecule has 0 aromatic heterocycles. The predicted octanol–water partition coefficient (Wildman–Crippen LogP) is 8.01. The van der Waals surface area contributed by atoms with E-state index >= 15 is 0 Å². The molecule has 0 bridgehead atoms. The lowest BCUT2D eigenvalue weighted by molar-refractivity contribution is -0.113. The summed E-state index contributed by atoms with van der Waals surface area (Å²) in [5.41, 5.74) is 4.29. The van der Waals surface area contributed by atoms with E-state index in [1.165, 1.54) is 9.79 Å². The van der Waals surface area contributed by atoms with Gasteiger partial charge in [-0.3, -0.25) is 4.79 Å². The molecule has 1 saturated carbocycles. The van der Waals surface area contributed by atoms with E-state index < -0.39 is 0 Å². The molecule has 158 valence electrons. The van der Waals surface area contributed by atoms with E-state index in [0.29, 0.717) is 5.92 Å². The average Bonchev–Trinajstić information content (AvgIpc) is 2.77. The van der Waals surface area contributed by atoms with Crippen LogP contribution in [0.25, 0.3) is 12.2 Å². The Bertz CT molecular complexity index is 864. The predicted molar refractivity (Wildman–Crippen MR) is 134 cm³/mol. The van der Waals surface area contributed by atoms with Crippen LogP contribution in [-0.2, 0) is 4.79 Å². The van der Waals surface area contributed by atoms with Gasteiger partial charge < -0.3 is 0 Å². The van der Waals surface area contributed by atoms with E-state index in [1.807, 2.05) is 0 Å². The minimum atomic E-state index is 0.199. The standard InChI is InChI=1S/C27H32OS2/c1-6-27(2,3)23-17-21(15-19-7-11-24(29-4)12-8-19)26(28)22(18-23)16-20-9-13-25(30-5)14-10-20/h7-16,23H,6,17-18H2,1-5H3/b21-15+,22-16+. The van der Waals surface area contributed by atoms with Crippen molar-refractivity contribution in [3.63, 3.8) is 0 Å². The third-order valence-electron chi connectivity index (χ3n) is 6.45. The van der Waals surface area contributed by atoms with Crippen LogP contribution in [0.3, 0.4) is 0 Å². The molecule has 0 atom stereocenters. The number of Topliss-reactive ketones (excluding diaryl/α,β-unsaturated/α-hetero) is 1. The Morgan fingerprint density at radius 2 is 1.23 bits per heavy atom. The summed E-state index contributed by atoms with van der Waals surface area (Å²) in [4.78, 5) is 15.9. The number of benzene rings is 2. The quantitative estimate of drug-likeness (QED) is 0.337. The van der Waals surface area contributed by atoms with Crippen molar-refractivity contribution in [1.82, 2.24) is 0 Å². The highest BCUT2D eigenvalue weighted by Gasteiger charge is 2.36. The van der Waals surface area contributed by atoms with E-state index in [2.05, 4.69) is 94.0 Å². The minimum Gasteiger partial charge on any atom is -0.289 e. The van der Waals surface area contributed by atoms with Crippen molar-refractivity contribution >= 4 is 41.5 Å². The second kappa shape index (κ2) is 10.1. The molecule has 1 aliphatic rings. The highest BCUT2D eigenvalue weighted by molar-refractivity contribution is 7.98. The molecular formula is C27H32OS2. The number of hydrogen-bond donors (Lipinski definition) is 0. The number of hydrogen-bond acceptors (Lipinski definition) is 3. The van der Waals surface area contributed by atoms with Gasteiger partial charge in [0, 0.05) is 20.9 Å². The number of thioether (sulfide) groups is 2. The van der Waals surface area contributed by atoms with Gasteiger partial charge in [0.25, 0.3) is 0 Å². The molecule has 0 spiro atoms. The van der Waals surface area contributed by atoms with Crippen LogP contribution < -0.4 is 0 Å². The summed E-state index contributed by atoms with van der Waals surface area (Å²) in [5.74, 6) is 0.676. The van der Waals surface area contributed by atoms with Crippen LogP contribution in [0, 0.1) is 11.3 Å². The summed E-state index contributed by atoms with van der Waals surface area (Å²) in [6.45, 7) is 6.93. The minimum absolute atomic E-state index is 0.199. The van der Waals surface area contributed by atoms with Gasteiger partial charge in [0.2, 0.25) is 0 Å². The molecular weight excluding hydrogens is 404 g/mol. The van der Waals surface area contributed by atoms with Gasteiger partial charge in [0.15, 0.2) is 5.78 Å². The zero-order valence-corrected chi connectivity index (χ0v) is 20.3. The molecule has 0 amide bonds. The Kier molecular flexibility index (Phi) is 7.70. The maximum absolute atomic E-state index is 13.4. The topological polar surface area (TPSA) is 17.1 Å². The number of carbonyl (C=O) groups excluding carboxylic acids is 1. The first-order valence-corrected chi connectivity index (χ1v) is 13.0. The lowest BCUT2D eigenvalue weighted by atomic mass is 9.66. The maximum Gasteiger partial charge on any atom is 0.185 e. The Labute approximate surface area is 190 Å². The summed E-state index contributed by atoms with van der Waals surface area (Å²) >= 11 is 3.47. The van der Waals surface area contributed by atoms with Gasteiger partial charge >= 0.3 is 0 Å². The van der Waals surface area contributed by atoms with Gasteiger partial charge in [0.1, 0.15) is 0 Å². The van der Waals surface area contributed by atoms with Crippen molar-refractivity contribution in [1.29, 1.82) is 0 Å². The zero-order chi connectivity index (χ0) is 21.7. The first-order chi connectivity index (χ1) is 14.4. The van der Waals surface area contributed by atoms with Crippen LogP contribution >= 0.6 is 23.5 Å². The molecule has 0 N–H and O–H groups in total. The molecule has 1 fully saturated rings. The fraction of sp³-hybridized carbons (Fsp3) is 0.370. The summed E-state index contributed by atoms with van der Waals surface area (Å²) in [6.07, 6.45) is 11.2. The van der Waals surface area contributed by atoms with E-state index in [1.54, 1.807) is 23.5 Å². The van der Waals surface area contributed by atoms with E-state index in [-0.39, 0.29) is 11.2 Å². The van der Waals surface area contributed by atoms with E-state index in [0.717, 1.165) is 41.5 Å². The van der Waals surface area contributed by atoms with Crippen molar-refractivity contribution in [2.45, 2.75) is 49.8 Å². The molecule has 2 aromatic carbocycles. The second-order valence-electron chi connectivity index (χ2n) is 8.66. The van der Waals surface area contributed by atoms with Crippen LogP contribution in [0.15, 0.2) is 69.5 Å². The van der Waals surface area contributed by atoms with Crippen LogP contribution in [0.5, 0.6) is 0 Å². The SMILES string of the molecule is CCC(C)(C)C1C/C(=C\c2ccc(SC)cc2)C(=O)/C(=C/c2ccc(SC)cc2)C1. The van der Waals surface area contributed by atoms with Crippen LogP contribution in [0.2, 0.25) is 0 Å². The lowest BCUT2D eigenvalue weighted by Gasteiger charge is -2.37. The Morgan fingerprint density at radius 1 is 0.833 bits per heavy atom. The molecule has 1 aliphatic carbocycles. The fourth-order valence-corrected chi connectivity index (χ4v) is 4.70. The third kappa shape index (κ3) is 5.50. The summed E-state index contributed by atoms with van der Waals surface area (Å²) in [7, 11) is 0. The van der Waals surface area contributed by atoms with E-state index in [4.69, 9.17) is 0 Å². The zero-order valence-electron chi connectivity index (χ0n) is 18.7. The summed E-state index contributed by atoms with van der Waals surface area (Å²) < 4.78 is 0. The average molecular weight is 437 g/mol. The van der Waals surface area contributed by atoms with Gasteiger partial charge in [0.05, 0.1) is 0 Å². The smallest absolute Gasteiger partial charge is 0.185 e. The van der Waals surface area contributed by atoms with E-state index in [9.17, 15) is 4.79 Å². The first kappa shape index (κ1) is 23.0. The number of carbonyl (C=O) groups is 1. The normalized spacial score (nSPS) is 20.2. The molecule has 0 aliphatic heterocycles. The molecule has 0 radical (unpaired) electrons. The highest BCUT2D eigenvalue weighted by Crippen LogP contribution is 2.44.